The SMILES string of the molecule is CCC(CCN)N(C)CC(=O)NC. The highest BCUT2D eigenvalue weighted by Crippen LogP contribution is 2.04. The van der Waals surface area contributed by atoms with Gasteiger partial charge in [-0.1, -0.05) is 6.92 Å². The van der Waals surface area contributed by atoms with Crippen LogP contribution < -0.4 is 11.1 Å². The molecule has 0 aromatic carbocycles. The van der Waals surface area contributed by atoms with E-state index >= 15 is 0 Å². The predicted octanol–water partition coefficient (Wildman–Crippen LogP) is -0.208. The monoisotopic (exact) mass is 187 g/mol. The van der Waals surface area contributed by atoms with Crippen LogP contribution in [0.3, 0.4) is 0 Å². The van der Waals surface area contributed by atoms with E-state index in [1.54, 1.807) is 7.05 Å². The second-order valence-corrected chi connectivity index (χ2v) is 3.23. The van der Waals surface area contributed by atoms with E-state index in [4.69, 9.17) is 5.73 Å². The largest absolute Gasteiger partial charge is 0.358 e. The molecule has 0 rings (SSSR count). The van der Waals surface area contributed by atoms with Crippen molar-refractivity contribution < 1.29 is 4.79 Å². The molecule has 78 valence electrons. The summed E-state index contributed by atoms with van der Waals surface area (Å²) in [5, 5.41) is 2.61. The third-order valence-electron chi connectivity index (χ3n) is 2.27. The van der Waals surface area contributed by atoms with E-state index in [1.807, 2.05) is 11.9 Å². The van der Waals surface area contributed by atoms with E-state index < -0.39 is 0 Å². The smallest absolute Gasteiger partial charge is 0.233 e. The molecule has 0 aromatic rings. The minimum atomic E-state index is 0.0537. The maximum atomic E-state index is 11.1. The molecule has 0 aromatic heterocycles. The maximum absolute atomic E-state index is 11.1. The van der Waals surface area contributed by atoms with Crippen LogP contribution in [0.4, 0.5) is 0 Å². The van der Waals surface area contributed by atoms with Gasteiger partial charge in [0.2, 0.25) is 5.91 Å². The zero-order valence-corrected chi connectivity index (χ0v) is 8.84. The molecule has 13 heavy (non-hydrogen) atoms. The van der Waals surface area contributed by atoms with Crippen LogP contribution in [0.5, 0.6) is 0 Å². The Morgan fingerprint density at radius 2 is 2.23 bits per heavy atom. The second-order valence-electron chi connectivity index (χ2n) is 3.23. The van der Waals surface area contributed by atoms with Crippen molar-refractivity contribution in [1.82, 2.24) is 10.2 Å². The van der Waals surface area contributed by atoms with Crippen LogP contribution in [0.25, 0.3) is 0 Å². The number of nitrogens with two attached hydrogens (primary N) is 1. The number of carbonyl (C=O) groups excluding carboxylic acids is 1. The topological polar surface area (TPSA) is 58.4 Å². The molecule has 0 saturated carbocycles. The molecule has 1 unspecified atom stereocenters. The van der Waals surface area contributed by atoms with Gasteiger partial charge < -0.3 is 11.1 Å². The molecule has 3 N–H and O–H groups in total. The van der Waals surface area contributed by atoms with E-state index in [2.05, 4.69) is 12.2 Å². The van der Waals surface area contributed by atoms with Gasteiger partial charge in [-0.3, -0.25) is 9.69 Å². The third kappa shape index (κ3) is 4.85. The lowest BCUT2D eigenvalue weighted by Crippen LogP contribution is -2.40. The summed E-state index contributed by atoms with van der Waals surface area (Å²) in [6.07, 6.45) is 1.98. The normalized spacial score (nSPS) is 13.0. The molecule has 1 atom stereocenters. The minimum absolute atomic E-state index is 0.0537. The van der Waals surface area contributed by atoms with Gasteiger partial charge in [-0.2, -0.15) is 0 Å². The van der Waals surface area contributed by atoms with Crippen LogP contribution in [0.15, 0.2) is 0 Å². The highest BCUT2D eigenvalue weighted by Gasteiger charge is 2.13. The van der Waals surface area contributed by atoms with Crippen molar-refractivity contribution in [3.8, 4) is 0 Å². The summed E-state index contributed by atoms with van der Waals surface area (Å²) in [6, 6.07) is 0.419. The van der Waals surface area contributed by atoms with E-state index in [-0.39, 0.29) is 5.91 Å². The summed E-state index contributed by atoms with van der Waals surface area (Å²) in [5.41, 5.74) is 5.48. The molecule has 0 saturated heterocycles. The van der Waals surface area contributed by atoms with E-state index in [9.17, 15) is 4.79 Å². The van der Waals surface area contributed by atoms with Crippen LogP contribution in [-0.4, -0.2) is 44.0 Å². The summed E-state index contributed by atoms with van der Waals surface area (Å²) in [5.74, 6) is 0.0537. The van der Waals surface area contributed by atoms with Gasteiger partial charge in [0.15, 0.2) is 0 Å². The summed E-state index contributed by atoms with van der Waals surface area (Å²) >= 11 is 0. The van der Waals surface area contributed by atoms with Crippen molar-refractivity contribution >= 4 is 5.91 Å². The maximum Gasteiger partial charge on any atom is 0.233 e. The Bertz CT molecular complexity index is 150. The van der Waals surface area contributed by atoms with Crippen LogP contribution in [0.2, 0.25) is 0 Å². The number of hydrogen-bond donors (Lipinski definition) is 2. The fourth-order valence-corrected chi connectivity index (χ4v) is 1.36. The standard InChI is InChI=1S/C9H21N3O/c1-4-8(5-6-10)12(3)7-9(13)11-2/h8H,4-7,10H2,1-3H3,(H,11,13). The molecule has 0 aliphatic heterocycles. The first-order valence-corrected chi connectivity index (χ1v) is 4.76. The van der Waals surface area contributed by atoms with Gasteiger partial charge in [-0.15, -0.1) is 0 Å². The molecule has 4 nitrogen and oxygen atoms in total. The molecular weight excluding hydrogens is 166 g/mol. The fourth-order valence-electron chi connectivity index (χ4n) is 1.36. The van der Waals surface area contributed by atoms with Crippen LogP contribution >= 0.6 is 0 Å². The highest BCUT2D eigenvalue weighted by atomic mass is 16.1. The molecule has 1 amide bonds. The van der Waals surface area contributed by atoms with Crippen LogP contribution in [0, 0.1) is 0 Å². The number of rotatable bonds is 6. The van der Waals surface area contributed by atoms with Crippen molar-refractivity contribution in [3.63, 3.8) is 0 Å². The molecule has 0 radical (unpaired) electrons. The predicted molar refractivity (Wildman–Crippen MR) is 54.4 cm³/mol. The van der Waals surface area contributed by atoms with Gasteiger partial charge in [-0.25, -0.2) is 0 Å². The van der Waals surface area contributed by atoms with Crippen LogP contribution in [-0.2, 0) is 4.79 Å². The lowest BCUT2D eigenvalue weighted by Gasteiger charge is -2.25. The average Bonchev–Trinajstić information content (AvgIpc) is 2.13. The quantitative estimate of drug-likeness (QED) is 0.605. The van der Waals surface area contributed by atoms with E-state index in [1.165, 1.54) is 0 Å². The van der Waals surface area contributed by atoms with Crippen molar-refractivity contribution in [3.05, 3.63) is 0 Å². The number of nitrogens with one attached hydrogen (secondary N) is 1. The molecule has 0 bridgehead atoms. The Hall–Kier alpha value is -0.610. The molecule has 0 heterocycles. The van der Waals surface area contributed by atoms with Crippen molar-refractivity contribution in [1.29, 1.82) is 0 Å². The molecule has 0 aliphatic rings. The number of hydrogen-bond acceptors (Lipinski definition) is 3. The Morgan fingerprint density at radius 3 is 2.62 bits per heavy atom. The highest BCUT2D eigenvalue weighted by molar-refractivity contribution is 5.77. The van der Waals surface area contributed by atoms with E-state index in [0.717, 1.165) is 12.8 Å². The Kier molecular flexibility index (Phi) is 6.54. The summed E-state index contributed by atoms with van der Waals surface area (Å²) in [7, 11) is 3.61. The van der Waals surface area contributed by atoms with E-state index in [0.29, 0.717) is 19.1 Å². The molecular formula is C9H21N3O. The number of nitrogens with zero attached hydrogens (tertiary/aromatic N) is 1. The van der Waals surface area contributed by atoms with Crippen molar-refractivity contribution in [2.45, 2.75) is 25.8 Å². The lowest BCUT2D eigenvalue weighted by atomic mass is 10.1. The molecule has 0 spiro atoms. The first-order chi connectivity index (χ1) is 6.15. The molecule has 0 aliphatic carbocycles. The van der Waals surface area contributed by atoms with Gasteiger partial charge in [0.1, 0.15) is 0 Å². The Labute approximate surface area is 80.5 Å². The zero-order chi connectivity index (χ0) is 10.3. The number of amides is 1. The van der Waals surface area contributed by atoms with Gasteiger partial charge in [0, 0.05) is 13.1 Å². The average molecular weight is 187 g/mol. The Balaban J connectivity index is 3.89. The third-order valence-corrected chi connectivity index (χ3v) is 2.27. The summed E-state index contributed by atoms with van der Waals surface area (Å²) in [6.45, 7) is 3.24. The zero-order valence-electron chi connectivity index (χ0n) is 8.84. The van der Waals surface area contributed by atoms with Gasteiger partial charge in [-0.05, 0) is 26.4 Å². The van der Waals surface area contributed by atoms with Gasteiger partial charge in [0.25, 0.3) is 0 Å². The molecule has 0 fully saturated rings. The lowest BCUT2D eigenvalue weighted by molar-refractivity contribution is -0.122. The number of carbonyl (C=O) groups is 1. The van der Waals surface area contributed by atoms with Crippen LogP contribution in [0.1, 0.15) is 19.8 Å². The first kappa shape index (κ1) is 12.4. The van der Waals surface area contributed by atoms with Crippen molar-refractivity contribution in [2.24, 2.45) is 5.73 Å². The van der Waals surface area contributed by atoms with Gasteiger partial charge >= 0.3 is 0 Å². The molecule has 4 heteroatoms. The van der Waals surface area contributed by atoms with Gasteiger partial charge in [0.05, 0.1) is 6.54 Å². The Morgan fingerprint density at radius 1 is 1.62 bits per heavy atom. The van der Waals surface area contributed by atoms with Crippen molar-refractivity contribution in [2.75, 3.05) is 27.2 Å². The second kappa shape index (κ2) is 6.86. The number of likely N-dealkylation sites (N-methyl/N-ethyl adjacent to an activating group) is 2. The summed E-state index contributed by atoms with van der Waals surface area (Å²) < 4.78 is 0. The fraction of sp³-hybridized carbons (Fsp3) is 0.889. The first-order valence-electron chi connectivity index (χ1n) is 4.76. The summed E-state index contributed by atoms with van der Waals surface area (Å²) in [4.78, 5) is 13.1. The minimum Gasteiger partial charge on any atom is -0.358 e.